The van der Waals surface area contributed by atoms with E-state index in [0.717, 1.165) is 6.92 Å². The second-order valence-corrected chi connectivity index (χ2v) is 4.02. The maximum absolute atomic E-state index is 11.4. The quantitative estimate of drug-likeness (QED) is 0.535. The summed E-state index contributed by atoms with van der Waals surface area (Å²) in [5.41, 5.74) is 3.26. The van der Waals surface area contributed by atoms with Gasteiger partial charge in [0.05, 0.1) is 0 Å². The van der Waals surface area contributed by atoms with E-state index in [1.54, 1.807) is 0 Å². The number of ketones is 1. The molecule has 0 amide bonds. The topological polar surface area (TPSA) is 101 Å². The van der Waals surface area contributed by atoms with E-state index in [0.29, 0.717) is 0 Å². The Morgan fingerprint density at radius 1 is 1.43 bits per heavy atom. The van der Waals surface area contributed by atoms with Crippen molar-refractivity contribution < 1.29 is 19.8 Å². The van der Waals surface area contributed by atoms with Crippen LogP contribution in [0.5, 0.6) is 0 Å². The molecule has 0 aromatic rings. The number of nitrogens with two attached hydrogens (primary N) is 1. The number of hydrogen-bond donors (Lipinski definition) is 3. The molecule has 0 aliphatic heterocycles. The molecule has 0 aliphatic rings. The fourth-order valence-corrected chi connectivity index (χ4v) is 1.01. The lowest BCUT2D eigenvalue weighted by molar-refractivity contribution is -0.150. The summed E-state index contributed by atoms with van der Waals surface area (Å²) in [6.45, 7) is 4.73. The average Bonchev–Trinajstić information content (AvgIpc) is 2.01. The first kappa shape index (κ1) is 13.1. The number of carboxylic acid groups (broad SMARTS) is 1. The van der Waals surface area contributed by atoms with Gasteiger partial charge in [-0.2, -0.15) is 0 Å². The third-order valence-electron chi connectivity index (χ3n) is 1.95. The molecule has 0 unspecified atom stereocenters. The summed E-state index contributed by atoms with van der Waals surface area (Å²) in [5.74, 6) is -2.16. The molecule has 0 spiro atoms. The molecule has 0 aromatic heterocycles. The van der Waals surface area contributed by atoms with Gasteiger partial charge in [-0.25, -0.2) is 4.79 Å². The Balaban J connectivity index is 4.53. The van der Waals surface area contributed by atoms with E-state index < -0.39 is 23.4 Å². The van der Waals surface area contributed by atoms with Crippen molar-refractivity contribution in [3.05, 3.63) is 0 Å². The Morgan fingerprint density at radius 3 is 2.14 bits per heavy atom. The van der Waals surface area contributed by atoms with E-state index in [-0.39, 0.29) is 12.3 Å². The van der Waals surface area contributed by atoms with Gasteiger partial charge < -0.3 is 15.9 Å². The second kappa shape index (κ2) is 4.52. The summed E-state index contributed by atoms with van der Waals surface area (Å²) in [7, 11) is 0. The molecule has 5 heteroatoms. The van der Waals surface area contributed by atoms with Gasteiger partial charge in [-0.3, -0.25) is 4.79 Å². The zero-order chi connectivity index (χ0) is 11.5. The Morgan fingerprint density at radius 2 is 1.86 bits per heavy atom. The summed E-state index contributed by atoms with van der Waals surface area (Å²) in [6, 6.07) is 0. The average molecular weight is 203 g/mol. The molecule has 0 saturated heterocycles. The molecule has 82 valence electrons. The molecule has 5 nitrogen and oxygen atoms in total. The highest BCUT2D eigenvalue weighted by Gasteiger charge is 2.40. The van der Waals surface area contributed by atoms with Crippen molar-refractivity contribution in [3.8, 4) is 0 Å². The predicted molar refractivity (Wildman–Crippen MR) is 50.7 cm³/mol. The molecule has 0 heterocycles. The van der Waals surface area contributed by atoms with Crippen LogP contribution in [0.1, 0.15) is 27.2 Å². The Kier molecular flexibility index (Phi) is 4.22. The number of Topliss-reactive ketones (excluding diaryl/α,β-unsaturated/α-hetero) is 1. The van der Waals surface area contributed by atoms with Crippen molar-refractivity contribution in [2.45, 2.75) is 38.8 Å². The zero-order valence-corrected chi connectivity index (χ0v) is 8.65. The van der Waals surface area contributed by atoms with Crippen LogP contribution in [-0.2, 0) is 9.59 Å². The van der Waals surface area contributed by atoms with E-state index in [1.165, 1.54) is 0 Å². The SMILES string of the molecule is CC(C)C[C@H](O)C(=O)[C@](C)(N)C(=O)O. The minimum absolute atomic E-state index is 0.110. The van der Waals surface area contributed by atoms with Crippen molar-refractivity contribution in [2.24, 2.45) is 11.7 Å². The normalized spacial score (nSPS) is 17.6. The first-order valence-electron chi connectivity index (χ1n) is 4.44. The monoisotopic (exact) mass is 203 g/mol. The highest BCUT2D eigenvalue weighted by Crippen LogP contribution is 2.12. The highest BCUT2D eigenvalue weighted by atomic mass is 16.4. The molecule has 2 atom stereocenters. The molecular formula is C9H17NO4. The van der Waals surface area contributed by atoms with Gasteiger partial charge >= 0.3 is 5.97 Å². The first-order valence-corrected chi connectivity index (χ1v) is 4.44. The zero-order valence-electron chi connectivity index (χ0n) is 8.65. The summed E-state index contributed by atoms with van der Waals surface area (Å²) in [6.07, 6.45) is -1.08. The number of carboxylic acids is 1. The van der Waals surface area contributed by atoms with E-state index in [4.69, 9.17) is 10.8 Å². The van der Waals surface area contributed by atoms with Gasteiger partial charge in [0.15, 0.2) is 11.3 Å². The Hall–Kier alpha value is -0.940. The van der Waals surface area contributed by atoms with E-state index >= 15 is 0 Å². The lowest BCUT2D eigenvalue weighted by atomic mass is 9.90. The summed E-state index contributed by atoms with van der Waals surface area (Å²) >= 11 is 0. The molecule has 4 N–H and O–H groups in total. The lowest BCUT2D eigenvalue weighted by Gasteiger charge is -2.21. The van der Waals surface area contributed by atoms with Crippen LogP contribution in [0.3, 0.4) is 0 Å². The van der Waals surface area contributed by atoms with Crippen LogP contribution in [-0.4, -0.2) is 33.6 Å². The number of aliphatic carboxylic acids is 1. The summed E-state index contributed by atoms with van der Waals surface area (Å²) < 4.78 is 0. The van der Waals surface area contributed by atoms with Gasteiger partial charge in [0, 0.05) is 0 Å². The van der Waals surface area contributed by atoms with Crippen molar-refractivity contribution in [3.63, 3.8) is 0 Å². The Labute approximate surface area is 82.9 Å². The Bertz CT molecular complexity index is 235. The maximum Gasteiger partial charge on any atom is 0.331 e. The molecule has 0 rings (SSSR count). The van der Waals surface area contributed by atoms with Crippen molar-refractivity contribution in [1.29, 1.82) is 0 Å². The molecule has 0 bridgehead atoms. The fourth-order valence-electron chi connectivity index (χ4n) is 1.01. The van der Waals surface area contributed by atoms with Crippen LogP contribution in [0.25, 0.3) is 0 Å². The summed E-state index contributed by atoms with van der Waals surface area (Å²) in [4.78, 5) is 22.0. The van der Waals surface area contributed by atoms with Gasteiger partial charge in [0.25, 0.3) is 0 Å². The van der Waals surface area contributed by atoms with E-state index in [9.17, 15) is 14.7 Å². The van der Waals surface area contributed by atoms with E-state index in [2.05, 4.69) is 0 Å². The number of aliphatic hydroxyl groups is 1. The molecular weight excluding hydrogens is 186 g/mol. The molecule has 14 heavy (non-hydrogen) atoms. The number of aliphatic hydroxyl groups excluding tert-OH is 1. The van der Waals surface area contributed by atoms with Crippen molar-refractivity contribution in [1.82, 2.24) is 0 Å². The van der Waals surface area contributed by atoms with Gasteiger partial charge in [-0.15, -0.1) is 0 Å². The van der Waals surface area contributed by atoms with Crippen LogP contribution < -0.4 is 5.73 Å². The number of rotatable bonds is 5. The van der Waals surface area contributed by atoms with E-state index in [1.807, 2.05) is 13.8 Å². The fraction of sp³-hybridized carbons (Fsp3) is 0.778. The van der Waals surface area contributed by atoms with Gasteiger partial charge in [-0.05, 0) is 19.3 Å². The second-order valence-electron chi connectivity index (χ2n) is 4.02. The standard InChI is InChI=1S/C9H17NO4/c1-5(2)4-6(11)7(12)9(3,10)8(13)14/h5-6,11H,4,10H2,1-3H3,(H,13,14)/t6-,9-/m0/s1. The van der Waals surface area contributed by atoms with Crippen LogP contribution >= 0.6 is 0 Å². The number of hydrogen-bond acceptors (Lipinski definition) is 4. The van der Waals surface area contributed by atoms with Crippen molar-refractivity contribution >= 4 is 11.8 Å². The first-order chi connectivity index (χ1) is 6.19. The van der Waals surface area contributed by atoms with Gasteiger partial charge in [-0.1, -0.05) is 13.8 Å². The smallest absolute Gasteiger partial charge is 0.331 e. The third-order valence-corrected chi connectivity index (χ3v) is 1.95. The maximum atomic E-state index is 11.4. The molecule has 0 fully saturated rings. The largest absolute Gasteiger partial charge is 0.480 e. The van der Waals surface area contributed by atoms with Crippen LogP contribution in [0, 0.1) is 5.92 Å². The third kappa shape index (κ3) is 3.08. The van der Waals surface area contributed by atoms with Crippen molar-refractivity contribution in [2.75, 3.05) is 0 Å². The number of carbonyl (C=O) groups is 2. The lowest BCUT2D eigenvalue weighted by Crippen LogP contribution is -2.56. The minimum atomic E-state index is -2.01. The van der Waals surface area contributed by atoms with Crippen LogP contribution in [0.4, 0.5) is 0 Å². The predicted octanol–water partition coefficient (Wildman–Crippen LogP) is -0.235. The molecule has 0 aliphatic carbocycles. The highest BCUT2D eigenvalue weighted by molar-refractivity contribution is 6.08. The number of carbonyl (C=O) groups excluding carboxylic acids is 1. The minimum Gasteiger partial charge on any atom is -0.480 e. The van der Waals surface area contributed by atoms with Crippen LogP contribution in [0.2, 0.25) is 0 Å². The molecule has 0 aromatic carbocycles. The summed E-state index contributed by atoms with van der Waals surface area (Å²) in [5, 5.41) is 18.0. The molecule has 0 saturated carbocycles. The van der Waals surface area contributed by atoms with Gasteiger partial charge in [0.2, 0.25) is 0 Å². The van der Waals surface area contributed by atoms with Crippen LogP contribution in [0.15, 0.2) is 0 Å². The van der Waals surface area contributed by atoms with Gasteiger partial charge in [0.1, 0.15) is 6.10 Å². The molecule has 0 radical (unpaired) electrons.